The number of anilines is 1. The van der Waals surface area contributed by atoms with E-state index >= 15 is 0 Å². The highest BCUT2D eigenvalue weighted by atomic mass is 79.9. The van der Waals surface area contributed by atoms with Gasteiger partial charge in [-0.25, -0.2) is 0 Å². The fourth-order valence-corrected chi connectivity index (χ4v) is 3.31. The van der Waals surface area contributed by atoms with E-state index in [0.29, 0.717) is 4.47 Å². The van der Waals surface area contributed by atoms with E-state index in [1.807, 2.05) is 13.0 Å². The Hall–Kier alpha value is -1.14. The van der Waals surface area contributed by atoms with E-state index in [9.17, 15) is 10.1 Å². The molecule has 0 radical (unpaired) electrons. The second kappa shape index (κ2) is 6.32. The maximum atomic E-state index is 11.0. The second-order valence-electron chi connectivity index (χ2n) is 5.66. The predicted molar refractivity (Wildman–Crippen MR) is 86.6 cm³/mol. The second-order valence-corrected chi connectivity index (χ2v) is 6.51. The van der Waals surface area contributed by atoms with Crippen LogP contribution in [0.15, 0.2) is 22.7 Å². The van der Waals surface area contributed by atoms with Crippen molar-refractivity contribution in [3.8, 4) is 0 Å². The lowest BCUT2D eigenvalue weighted by Crippen LogP contribution is -2.59. The van der Waals surface area contributed by atoms with Crippen LogP contribution < -0.4 is 5.32 Å². The Labute approximate surface area is 133 Å². The molecule has 6 heteroatoms. The predicted octanol–water partition coefficient (Wildman–Crippen LogP) is 4.36. The van der Waals surface area contributed by atoms with Crippen molar-refractivity contribution in [3.63, 3.8) is 0 Å². The quantitative estimate of drug-likeness (QED) is 0.607. The van der Waals surface area contributed by atoms with Crippen LogP contribution in [0.1, 0.15) is 33.6 Å². The van der Waals surface area contributed by atoms with E-state index in [2.05, 4.69) is 35.1 Å². The average Bonchev–Trinajstić information content (AvgIpc) is 2.46. The molecular weight excluding hydrogens is 336 g/mol. The van der Waals surface area contributed by atoms with Gasteiger partial charge < -0.3 is 10.1 Å². The van der Waals surface area contributed by atoms with E-state index in [-0.39, 0.29) is 28.2 Å². The third kappa shape index (κ3) is 3.06. The number of hydrogen-bond acceptors (Lipinski definition) is 4. The number of ether oxygens (including phenoxy) is 1. The average molecular weight is 357 g/mol. The van der Waals surface area contributed by atoms with Crippen molar-refractivity contribution in [2.45, 2.75) is 45.8 Å². The minimum Gasteiger partial charge on any atom is -0.381 e. The Morgan fingerprint density at radius 3 is 2.81 bits per heavy atom. The van der Waals surface area contributed by atoms with Gasteiger partial charge in [0, 0.05) is 29.8 Å². The van der Waals surface area contributed by atoms with Crippen LogP contribution in [0, 0.1) is 15.5 Å². The molecule has 0 heterocycles. The number of halogens is 1. The van der Waals surface area contributed by atoms with E-state index in [1.165, 1.54) is 0 Å². The largest absolute Gasteiger partial charge is 0.381 e. The maximum Gasteiger partial charge on any atom is 0.285 e. The fourth-order valence-electron chi connectivity index (χ4n) is 2.92. The zero-order valence-corrected chi connectivity index (χ0v) is 14.1. The van der Waals surface area contributed by atoms with Gasteiger partial charge in [-0.2, -0.15) is 0 Å². The lowest BCUT2D eigenvalue weighted by atomic mass is 9.61. The summed E-state index contributed by atoms with van der Waals surface area (Å²) >= 11 is 3.21. The molecule has 1 N–H and O–H groups in total. The van der Waals surface area contributed by atoms with Crippen molar-refractivity contribution in [3.05, 3.63) is 32.8 Å². The normalized spacial score (nSPS) is 28.0. The van der Waals surface area contributed by atoms with Crippen molar-refractivity contribution < 1.29 is 9.66 Å². The monoisotopic (exact) mass is 356 g/mol. The van der Waals surface area contributed by atoms with Crippen LogP contribution in [0.5, 0.6) is 0 Å². The summed E-state index contributed by atoms with van der Waals surface area (Å²) in [6.07, 6.45) is 2.20. The first-order valence-electron chi connectivity index (χ1n) is 7.24. The highest BCUT2D eigenvalue weighted by molar-refractivity contribution is 9.10. The standard InChI is InChI=1S/C15H21BrN2O3/c1-4-15(3)13(9-14(15)21-5-2)17-10-6-7-11(16)12(8-10)18(19)20/h6-8,13-14,17H,4-5,9H2,1-3H3. The Kier molecular flexibility index (Phi) is 4.88. The van der Waals surface area contributed by atoms with Gasteiger partial charge >= 0.3 is 0 Å². The van der Waals surface area contributed by atoms with E-state index in [1.54, 1.807) is 12.1 Å². The minimum atomic E-state index is -0.377. The summed E-state index contributed by atoms with van der Waals surface area (Å²) in [6, 6.07) is 5.43. The molecule has 1 aromatic rings. The Bertz CT molecular complexity index is 538. The molecule has 21 heavy (non-hydrogen) atoms. The molecule has 0 saturated heterocycles. The lowest BCUT2D eigenvalue weighted by molar-refractivity contribution is -0.385. The summed E-state index contributed by atoms with van der Waals surface area (Å²) in [7, 11) is 0. The highest BCUT2D eigenvalue weighted by Crippen LogP contribution is 2.47. The van der Waals surface area contributed by atoms with Crippen LogP contribution in [0.3, 0.4) is 0 Å². The molecular formula is C15H21BrN2O3. The lowest BCUT2D eigenvalue weighted by Gasteiger charge is -2.53. The van der Waals surface area contributed by atoms with E-state index in [4.69, 9.17) is 4.74 Å². The molecule has 1 aliphatic rings. The Morgan fingerprint density at radius 1 is 1.52 bits per heavy atom. The molecule has 0 bridgehead atoms. The molecule has 3 atom stereocenters. The summed E-state index contributed by atoms with van der Waals surface area (Å²) < 4.78 is 6.27. The van der Waals surface area contributed by atoms with Crippen molar-refractivity contribution in [1.29, 1.82) is 0 Å². The molecule has 1 saturated carbocycles. The molecule has 1 aliphatic carbocycles. The van der Waals surface area contributed by atoms with Gasteiger partial charge in [0.15, 0.2) is 0 Å². The number of nitro benzene ring substituents is 1. The van der Waals surface area contributed by atoms with Gasteiger partial charge in [-0.15, -0.1) is 0 Å². The topological polar surface area (TPSA) is 64.4 Å². The van der Waals surface area contributed by atoms with E-state index < -0.39 is 0 Å². The first kappa shape index (κ1) is 16.2. The summed E-state index contributed by atoms with van der Waals surface area (Å²) in [5.41, 5.74) is 0.932. The molecule has 0 aromatic heterocycles. The van der Waals surface area contributed by atoms with Gasteiger partial charge in [0.25, 0.3) is 5.69 Å². The van der Waals surface area contributed by atoms with Gasteiger partial charge in [0.2, 0.25) is 0 Å². The first-order valence-corrected chi connectivity index (χ1v) is 8.03. The van der Waals surface area contributed by atoms with Gasteiger partial charge in [0.1, 0.15) is 0 Å². The molecule has 116 valence electrons. The number of nitrogens with one attached hydrogen (secondary N) is 1. The highest BCUT2D eigenvalue weighted by Gasteiger charge is 2.51. The number of nitro groups is 1. The van der Waals surface area contributed by atoms with Gasteiger partial charge in [-0.3, -0.25) is 10.1 Å². The molecule has 0 spiro atoms. The number of hydrogen-bond donors (Lipinski definition) is 1. The fraction of sp³-hybridized carbons (Fsp3) is 0.600. The zero-order valence-electron chi connectivity index (χ0n) is 12.6. The van der Waals surface area contributed by atoms with Gasteiger partial charge in [-0.1, -0.05) is 13.8 Å². The molecule has 5 nitrogen and oxygen atoms in total. The Morgan fingerprint density at radius 2 is 2.24 bits per heavy atom. The van der Waals surface area contributed by atoms with Crippen molar-refractivity contribution >= 4 is 27.3 Å². The van der Waals surface area contributed by atoms with Crippen molar-refractivity contribution in [2.75, 3.05) is 11.9 Å². The van der Waals surface area contributed by atoms with Crippen LogP contribution >= 0.6 is 15.9 Å². The zero-order chi connectivity index (χ0) is 15.6. The van der Waals surface area contributed by atoms with Crippen LogP contribution in [0.2, 0.25) is 0 Å². The summed E-state index contributed by atoms with van der Waals surface area (Å²) in [5, 5.41) is 14.4. The number of benzene rings is 1. The Balaban J connectivity index is 2.12. The molecule has 3 unspecified atom stereocenters. The van der Waals surface area contributed by atoms with Gasteiger partial charge in [-0.05, 0) is 47.8 Å². The van der Waals surface area contributed by atoms with Crippen LogP contribution in [-0.2, 0) is 4.74 Å². The first-order chi connectivity index (χ1) is 9.92. The summed E-state index contributed by atoms with van der Waals surface area (Å²) in [6.45, 7) is 7.09. The number of nitrogens with zero attached hydrogens (tertiary/aromatic N) is 1. The van der Waals surface area contributed by atoms with Gasteiger partial charge in [0.05, 0.1) is 15.5 Å². The van der Waals surface area contributed by atoms with Crippen LogP contribution in [0.25, 0.3) is 0 Å². The third-order valence-corrected chi connectivity index (χ3v) is 5.27. The van der Waals surface area contributed by atoms with E-state index in [0.717, 1.165) is 25.1 Å². The van der Waals surface area contributed by atoms with Crippen LogP contribution in [0.4, 0.5) is 11.4 Å². The SMILES string of the molecule is CCOC1CC(Nc2ccc(Br)c([N+](=O)[O-])c2)C1(C)CC. The van der Waals surface area contributed by atoms with Crippen molar-refractivity contribution in [1.82, 2.24) is 0 Å². The smallest absolute Gasteiger partial charge is 0.285 e. The summed E-state index contributed by atoms with van der Waals surface area (Å²) in [5.74, 6) is 0. The third-order valence-electron chi connectivity index (χ3n) is 4.59. The van der Waals surface area contributed by atoms with Crippen molar-refractivity contribution in [2.24, 2.45) is 5.41 Å². The van der Waals surface area contributed by atoms with Crippen LogP contribution in [-0.4, -0.2) is 23.7 Å². The molecule has 0 aliphatic heterocycles. The molecule has 1 aromatic carbocycles. The molecule has 1 fully saturated rings. The molecule has 0 amide bonds. The minimum absolute atomic E-state index is 0.0673. The molecule has 2 rings (SSSR count). The maximum absolute atomic E-state index is 11.0. The summed E-state index contributed by atoms with van der Waals surface area (Å²) in [4.78, 5) is 10.6. The number of rotatable bonds is 6.